The van der Waals surface area contributed by atoms with Gasteiger partial charge in [-0.2, -0.15) is 0 Å². The molecule has 0 aromatic carbocycles. The normalized spacial score (nSPS) is 13.0. The van der Waals surface area contributed by atoms with Crippen LogP contribution in [0.5, 0.6) is 0 Å². The van der Waals surface area contributed by atoms with E-state index >= 15 is 0 Å². The van der Waals surface area contributed by atoms with Crippen LogP contribution in [0.15, 0.2) is 23.2 Å². The van der Waals surface area contributed by atoms with Crippen LogP contribution in [0.3, 0.4) is 0 Å². The molecule has 1 unspecified atom stereocenters. The molecule has 1 aromatic heterocycles. The fourth-order valence-electron chi connectivity index (χ4n) is 1.17. The van der Waals surface area contributed by atoms with Gasteiger partial charge in [0.2, 0.25) is 0 Å². The van der Waals surface area contributed by atoms with Crippen LogP contribution in [-0.4, -0.2) is 40.3 Å². The maximum atomic E-state index is 12.1. The molecule has 1 heterocycles. The minimum Gasteiger partial charge on any atom is -0.383 e. The Morgan fingerprint density at radius 3 is 2.81 bits per heavy atom. The second-order valence-electron chi connectivity index (χ2n) is 3.08. The van der Waals surface area contributed by atoms with Gasteiger partial charge in [0.1, 0.15) is 16.1 Å². The molecule has 0 bridgehead atoms. The van der Waals surface area contributed by atoms with Gasteiger partial charge in [0, 0.05) is 26.4 Å². The Balaban J connectivity index is 2.70. The minimum absolute atomic E-state index is 0.403. The summed E-state index contributed by atoms with van der Waals surface area (Å²) in [4.78, 5) is 4.57. The van der Waals surface area contributed by atoms with E-state index in [4.69, 9.17) is 16.3 Å². The van der Waals surface area contributed by atoms with E-state index in [1.807, 2.05) is 11.2 Å². The molecule has 1 aromatic rings. The van der Waals surface area contributed by atoms with Crippen molar-refractivity contribution in [1.82, 2.24) is 9.29 Å². The highest BCUT2D eigenvalue weighted by Crippen LogP contribution is 2.12. The van der Waals surface area contributed by atoms with E-state index < -0.39 is 11.0 Å². The van der Waals surface area contributed by atoms with Crippen molar-refractivity contribution >= 4 is 22.6 Å². The zero-order valence-corrected chi connectivity index (χ0v) is 10.9. The van der Waals surface area contributed by atoms with Crippen LogP contribution in [0.1, 0.15) is 6.92 Å². The van der Waals surface area contributed by atoms with Crippen LogP contribution < -0.4 is 0 Å². The molecule has 0 amide bonds. The second-order valence-corrected chi connectivity index (χ2v) is 4.95. The van der Waals surface area contributed by atoms with Crippen LogP contribution in [0.2, 0.25) is 5.15 Å². The van der Waals surface area contributed by atoms with Crippen molar-refractivity contribution in [3.05, 3.63) is 23.5 Å². The molecule has 90 valence electrons. The molecule has 1 rings (SSSR count). The van der Waals surface area contributed by atoms with E-state index in [9.17, 15) is 4.21 Å². The van der Waals surface area contributed by atoms with E-state index in [2.05, 4.69) is 4.98 Å². The zero-order chi connectivity index (χ0) is 12.0. The average molecular weight is 263 g/mol. The first-order chi connectivity index (χ1) is 7.69. The van der Waals surface area contributed by atoms with E-state index in [1.165, 1.54) is 6.20 Å². The number of pyridine rings is 1. The summed E-state index contributed by atoms with van der Waals surface area (Å²) in [6.45, 7) is 3.83. The van der Waals surface area contributed by atoms with Gasteiger partial charge in [-0.25, -0.2) is 13.5 Å². The predicted octanol–water partition coefficient (Wildman–Crippen LogP) is 1.73. The molecule has 0 aliphatic carbocycles. The van der Waals surface area contributed by atoms with Gasteiger partial charge < -0.3 is 4.74 Å². The Morgan fingerprint density at radius 2 is 2.31 bits per heavy atom. The number of ether oxygens (including phenoxy) is 1. The summed E-state index contributed by atoms with van der Waals surface area (Å²) < 4.78 is 18.9. The number of methoxy groups -OCH3 is 1. The largest absolute Gasteiger partial charge is 0.383 e. The summed E-state index contributed by atoms with van der Waals surface area (Å²) in [6.07, 6.45) is 1.54. The summed E-state index contributed by atoms with van der Waals surface area (Å²) in [5.41, 5.74) is 0. The van der Waals surface area contributed by atoms with Crippen molar-refractivity contribution in [2.75, 3.05) is 26.8 Å². The molecule has 0 saturated heterocycles. The quantitative estimate of drug-likeness (QED) is 0.734. The van der Waals surface area contributed by atoms with Crippen LogP contribution in [-0.2, 0) is 15.7 Å². The Kier molecular flexibility index (Phi) is 5.90. The fourth-order valence-corrected chi connectivity index (χ4v) is 2.38. The summed E-state index contributed by atoms with van der Waals surface area (Å²) in [5, 5.41) is 0.403. The summed E-state index contributed by atoms with van der Waals surface area (Å²) in [5.74, 6) is 0. The van der Waals surface area contributed by atoms with Crippen molar-refractivity contribution in [1.29, 1.82) is 0 Å². The first-order valence-corrected chi connectivity index (χ1v) is 6.44. The topological polar surface area (TPSA) is 42.4 Å². The van der Waals surface area contributed by atoms with Gasteiger partial charge in [-0.3, -0.25) is 0 Å². The maximum absolute atomic E-state index is 12.1. The smallest absolute Gasteiger partial charge is 0.129 e. The highest BCUT2D eigenvalue weighted by atomic mass is 35.5. The Hall–Kier alpha value is -0.490. The molecule has 0 N–H and O–H groups in total. The Labute approximate surface area is 103 Å². The molecule has 0 aliphatic heterocycles. The fraction of sp³-hybridized carbons (Fsp3) is 0.500. The van der Waals surface area contributed by atoms with E-state index in [-0.39, 0.29) is 0 Å². The third-order valence-electron chi connectivity index (χ3n) is 2.03. The lowest BCUT2D eigenvalue weighted by Gasteiger charge is -2.18. The molecule has 0 saturated carbocycles. The predicted molar refractivity (Wildman–Crippen MR) is 64.8 cm³/mol. The highest BCUT2D eigenvalue weighted by Gasteiger charge is 2.13. The standard InChI is InChI=1S/C10H15ClN2O2S/c1-3-13(6-7-15-2)16(14)9-4-5-10(11)12-8-9/h4-5,8H,3,6-7H2,1-2H3. The Bertz CT molecular complexity index is 345. The number of hydrogen-bond acceptors (Lipinski definition) is 3. The van der Waals surface area contributed by atoms with Gasteiger partial charge in [-0.05, 0) is 12.1 Å². The number of hydrogen-bond donors (Lipinski definition) is 0. The lowest BCUT2D eigenvalue weighted by atomic mass is 10.5. The van der Waals surface area contributed by atoms with E-state index in [0.29, 0.717) is 29.7 Å². The molecule has 0 aliphatic rings. The first-order valence-electron chi connectivity index (χ1n) is 4.96. The molecular formula is C10H15ClN2O2S. The highest BCUT2D eigenvalue weighted by molar-refractivity contribution is 7.82. The minimum atomic E-state index is -1.20. The monoisotopic (exact) mass is 262 g/mol. The molecule has 4 nitrogen and oxygen atoms in total. The number of rotatable bonds is 6. The number of aromatic nitrogens is 1. The van der Waals surface area contributed by atoms with Crippen LogP contribution in [0.4, 0.5) is 0 Å². The zero-order valence-electron chi connectivity index (χ0n) is 9.35. The molecule has 6 heteroatoms. The van der Waals surface area contributed by atoms with E-state index in [0.717, 1.165) is 0 Å². The maximum Gasteiger partial charge on any atom is 0.129 e. The molecule has 1 atom stereocenters. The summed E-state index contributed by atoms with van der Waals surface area (Å²) in [7, 11) is 0.427. The SMILES string of the molecule is CCN(CCOC)S(=O)c1ccc(Cl)nc1. The van der Waals surface area contributed by atoms with Gasteiger partial charge in [-0.15, -0.1) is 0 Å². The van der Waals surface area contributed by atoms with Crippen molar-refractivity contribution in [3.63, 3.8) is 0 Å². The summed E-state index contributed by atoms with van der Waals surface area (Å²) in [6, 6.07) is 3.36. The van der Waals surface area contributed by atoms with Crippen LogP contribution >= 0.6 is 11.6 Å². The van der Waals surface area contributed by atoms with Crippen LogP contribution in [0, 0.1) is 0 Å². The van der Waals surface area contributed by atoms with Gasteiger partial charge in [0.25, 0.3) is 0 Å². The third kappa shape index (κ3) is 3.83. The van der Waals surface area contributed by atoms with Crippen molar-refractivity contribution in [2.24, 2.45) is 0 Å². The number of halogens is 1. The molecule has 0 fully saturated rings. The summed E-state index contributed by atoms with van der Waals surface area (Å²) >= 11 is 5.67. The van der Waals surface area contributed by atoms with Gasteiger partial charge in [0.05, 0.1) is 11.5 Å². The molecule has 0 spiro atoms. The van der Waals surface area contributed by atoms with Crippen LogP contribution in [0.25, 0.3) is 0 Å². The first kappa shape index (κ1) is 13.6. The second kappa shape index (κ2) is 6.96. The third-order valence-corrected chi connectivity index (χ3v) is 3.81. The van der Waals surface area contributed by atoms with E-state index in [1.54, 1.807) is 19.2 Å². The van der Waals surface area contributed by atoms with Gasteiger partial charge >= 0.3 is 0 Å². The lowest BCUT2D eigenvalue weighted by Crippen LogP contribution is -2.29. The number of likely N-dealkylation sites (N-methyl/N-ethyl adjacent to an activating group) is 1. The molecule has 0 radical (unpaired) electrons. The van der Waals surface area contributed by atoms with Gasteiger partial charge in [0.15, 0.2) is 0 Å². The van der Waals surface area contributed by atoms with Gasteiger partial charge in [-0.1, -0.05) is 18.5 Å². The van der Waals surface area contributed by atoms with Crippen molar-refractivity contribution in [2.45, 2.75) is 11.8 Å². The van der Waals surface area contributed by atoms with Crippen molar-refractivity contribution < 1.29 is 8.95 Å². The molecule has 16 heavy (non-hydrogen) atoms. The van der Waals surface area contributed by atoms with Crippen molar-refractivity contribution in [3.8, 4) is 0 Å². The average Bonchev–Trinajstić information content (AvgIpc) is 2.30. The Morgan fingerprint density at radius 1 is 1.56 bits per heavy atom. The lowest BCUT2D eigenvalue weighted by molar-refractivity contribution is 0.182. The number of nitrogens with zero attached hydrogens (tertiary/aromatic N) is 2. The molecular weight excluding hydrogens is 248 g/mol.